The maximum Gasteiger partial charge on any atom is 0.307 e. The number of aliphatic carboxylic acids is 1. The van der Waals surface area contributed by atoms with E-state index >= 15 is 0 Å². The fourth-order valence-corrected chi connectivity index (χ4v) is 3.33. The normalized spacial score (nSPS) is 12.7. The zero-order chi connectivity index (χ0) is 17.8. The zero-order valence-corrected chi connectivity index (χ0v) is 14.2. The smallest absolute Gasteiger partial charge is 0.307 e. The summed E-state index contributed by atoms with van der Waals surface area (Å²) in [4.78, 5) is 21.9. The summed E-state index contributed by atoms with van der Waals surface area (Å²) in [5.41, 5.74) is 0.302. The maximum absolute atomic E-state index is 12.6. The number of benzene rings is 1. The molecule has 0 saturated heterocycles. The summed E-state index contributed by atoms with van der Waals surface area (Å²) >= 11 is 0. The molecule has 1 aromatic carbocycles. The van der Waals surface area contributed by atoms with Crippen LogP contribution < -0.4 is 10.1 Å². The lowest BCUT2D eigenvalue weighted by Gasteiger charge is -2.21. The van der Waals surface area contributed by atoms with Crippen LogP contribution in [0.2, 0.25) is 0 Å². The van der Waals surface area contributed by atoms with Crippen LogP contribution in [0.15, 0.2) is 23.1 Å². The molecule has 1 rings (SSSR count). The third-order valence-corrected chi connectivity index (χ3v) is 4.97. The van der Waals surface area contributed by atoms with Crippen LogP contribution >= 0.6 is 0 Å². The zero-order valence-electron chi connectivity index (χ0n) is 13.4. The molecule has 0 aliphatic rings. The highest BCUT2D eigenvalue weighted by molar-refractivity contribution is 7.89. The largest absolute Gasteiger partial charge is 0.495 e. The van der Waals surface area contributed by atoms with Crippen molar-refractivity contribution in [3.05, 3.63) is 18.2 Å². The van der Waals surface area contributed by atoms with Crippen LogP contribution in [0, 0.1) is 5.92 Å². The molecule has 0 aliphatic carbocycles. The molecular weight excluding hydrogens is 324 g/mol. The molecule has 128 valence electrons. The summed E-state index contributed by atoms with van der Waals surface area (Å²) in [6.07, 6.45) is 0. The second-order valence-corrected chi connectivity index (χ2v) is 7.08. The standard InChI is InChI=1S/C14H20N2O6S/c1-9(14(18)19)8-16(3)23(20,21)13-7-11(15-10(2)17)5-6-12(13)22-4/h5-7,9H,8H2,1-4H3,(H,15,17)(H,18,19). The molecule has 0 saturated carbocycles. The molecule has 0 heterocycles. The van der Waals surface area contributed by atoms with Gasteiger partial charge in [-0.25, -0.2) is 8.42 Å². The van der Waals surface area contributed by atoms with E-state index in [-0.39, 0.29) is 23.1 Å². The van der Waals surface area contributed by atoms with E-state index in [1.807, 2.05) is 0 Å². The summed E-state index contributed by atoms with van der Waals surface area (Å²) in [5, 5.41) is 11.4. The highest BCUT2D eigenvalue weighted by Crippen LogP contribution is 2.29. The molecule has 8 nitrogen and oxygen atoms in total. The number of carbonyl (C=O) groups is 2. The summed E-state index contributed by atoms with van der Waals surface area (Å²) in [6.45, 7) is 2.53. The number of carboxylic acids is 1. The van der Waals surface area contributed by atoms with Crippen molar-refractivity contribution >= 4 is 27.6 Å². The quantitative estimate of drug-likeness (QED) is 0.763. The van der Waals surface area contributed by atoms with Crippen LogP contribution in [0.25, 0.3) is 0 Å². The van der Waals surface area contributed by atoms with Gasteiger partial charge in [-0.2, -0.15) is 4.31 Å². The molecule has 0 aromatic heterocycles. The summed E-state index contributed by atoms with van der Waals surface area (Å²) < 4.78 is 31.3. The van der Waals surface area contributed by atoms with Crippen molar-refractivity contribution in [3.63, 3.8) is 0 Å². The molecule has 1 aromatic rings. The summed E-state index contributed by atoms with van der Waals surface area (Å²) in [7, 11) is -1.36. The van der Waals surface area contributed by atoms with Crippen LogP contribution in [0.1, 0.15) is 13.8 Å². The van der Waals surface area contributed by atoms with Crippen molar-refractivity contribution < 1.29 is 27.9 Å². The van der Waals surface area contributed by atoms with Crippen molar-refractivity contribution in [2.75, 3.05) is 26.0 Å². The number of hydrogen-bond acceptors (Lipinski definition) is 5. The van der Waals surface area contributed by atoms with Gasteiger partial charge in [0, 0.05) is 26.2 Å². The predicted octanol–water partition coefficient (Wildman–Crippen LogP) is 0.995. The molecular formula is C14H20N2O6S. The SMILES string of the molecule is COc1ccc(NC(C)=O)cc1S(=O)(=O)N(C)CC(C)C(=O)O. The number of anilines is 1. The Morgan fingerprint density at radius 3 is 2.48 bits per heavy atom. The first kappa shape index (κ1) is 18.9. The Labute approximate surface area is 135 Å². The molecule has 0 fully saturated rings. The van der Waals surface area contributed by atoms with Crippen LogP contribution in [-0.2, 0) is 19.6 Å². The van der Waals surface area contributed by atoms with Gasteiger partial charge in [0.1, 0.15) is 10.6 Å². The lowest BCUT2D eigenvalue weighted by Crippen LogP contribution is -2.34. The Balaban J connectivity index is 3.24. The van der Waals surface area contributed by atoms with Crippen molar-refractivity contribution in [2.45, 2.75) is 18.7 Å². The minimum Gasteiger partial charge on any atom is -0.495 e. The molecule has 2 N–H and O–H groups in total. The van der Waals surface area contributed by atoms with Gasteiger partial charge in [-0.15, -0.1) is 0 Å². The third-order valence-electron chi connectivity index (χ3n) is 3.12. The number of carboxylic acid groups (broad SMARTS) is 1. The molecule has 1 atom stereocenters. The van der Waals surface area contributed by atoms with Gasteiger partial charge in [-0.05, 0) is 18.2 Å². The minimum absolute atomic E-state index is 0.105. The van der Waals surface area contributed by atoms with Gasteiger partial charge in [0.05, 0.1) is 13.0 Å². The molecule has 9 heteroatoms. The Hall–Kier alpha value is -2.13. The highest BCUT2D eigenvalue weighted by atomic mass is 32.2. The average molecular weight is 344 g/mol. The van der Waals surface area contributed by atoms with Crippen LogP contribution in [0.5, 0.6) is 5.75 Å². The van der Waals surface area contributed by atoms with E-state index in [1.54, 1.807) is 0 Å². The molecule has 0 spiro atoms. The monoisotopic (exact) mass is 344 g/mol. The fourth-order valence-electron chi connectivity index (χ4n) is 1.89. The Morgan fingerprint density at radius 1 is 1.39 bits per heavy atom. The first-order valence-corrected chi connectivity index (χ1v) is 8.18. The number of hydrogen-bond donors (Lipinski definition) is 2. The lowest BCUT2D eigenvalue weighted by atomic mass is 10.2. The average Bonchev–Trinajstić information content (AvgIpc) is 2.46. The molecule has 0 aliphatic heterocycles. The topological polar surface area (TPSA) is 113 Å². The van der Waals surface area contributed by atoms with Gasteiger partial charge in [0.2, 0.25) is 15.9 Å². The van der Waals surface area contributed by atoms with E-state index in [2.05, 4.69) is 5.32 Å². The Morgan fingerprint density at radius 2 is 2.00 bits per heavy atom. The number of sulfonamides is 1. The number of amides is 1. The van der Waals surface area contributed by atoms with Crippen molar-refractivity contribution in [2.24, 2.45) is 5.92 Å². The molecule has 23 heavy (non-hydrogen) atoms. The number of rotatable bonds is 7. The third kappa shape index (κ3) is 4.67. The van der Waals surface area contributed by atoms with Gasteiger partial charge < -0.3 is 15.2 Å². The Bertz CT molecular complexity index is 701. The van der Waals surface area contributed by atoms with Gasteiger partial charge >= 0.3 is 5.97 Å². The Kier molecular flexibility index (Phi) is 6.11. The molecule has 0 bridgehead atoms. The first-order valence-electron chi connectivity index (χ1n) is 6.74. The van der Waals surface area contributed by atoms with Crippen LogP contribution in [0.4, 0.5) is 5.69 Å². The van der Waals surface area contributed by atoms with Gasteiger partial charge in [-0.1, -0.05) is 6.92 Å². The molecule has 1 amide bonds. The first-order chi connectivity index (χ1) is 10.6. The van der Waals surface area contributed by atoms with Crippen molar-refractivity contribution in [1.29, 1.82) is 0 Å². The number of nitrogens with one attached hydrogen (secondary N) is 1. The second kappa shape index (κ2) is 7.42. The van der Waals surface area contributed by atoms with Crippen molar-refractivity contribution in [1.82, 2.24) is 4.31 Å². The number of nitrogens with zero attached hydrogens (tertiary/aromatic N) is 1. The van der Waals surface area contributed by atoms with Crippen LogP contribution in [-0.4, -0.2) is 50.4 Å². The number of carbonyl (C=O) groups excluding carboxylic acids is 1. The fraction of sp³-hybridized carbons (Fsp3) is 0.429. The van der Waals surface area contributed by atoms with E-state index in [0.29, 0.717) is 5.69 Å². The van der Waals surface area contributed by atoms with Gasteiger partial charge in [-0.3, -0.25) is 9.59 Å². The van der Waals surface area contributed by atoms with Gasteiger partial charge in [0.25, 0.3) is 0 Å². The summed E-state index contributed by atoms with van der Waals surface area (Å²) in [6, 6.07) is 4.21. The number of methoxy groups -OCH3 is 1. The minimum atomic E-state index is -3.97. The van der Waals surface area contributed by atoms with E-state index < -0.39 is 21.9 Å². The van der Waals surface area contributed by atoms with Gasteiger partial charge in [0.15, 0.2) is 0 Å². The van der Waals surface area contributed by atoms with E-state index in [9.17, 15) is 18.0 Å². The van der Waals surface area contributed by atoms with E-state index in [1.165, 1.54) is 46.2 Å². The van der Waals surface area contributed by atoms with Crippen molar-refractivity contribution in [3.8, 4) is 5.75 Å². The predicted molar refractivity (Wildman–Crippen MR) is 83.9 cm³/mol. The second-order valence-electron chi connectivity index (χ2n) is 5.07. The molecule has 1 unspecified atom stereocenters. The highest BCUT2D eigenvalue weighted by Gasteiger charge is 2.28. The molecule has 0 radical (unpaired) electrons. The van der Waals surface area contributed by atoms with E-state index in [4.69, 9.17) is 9.84 Å². The number of ether oxygens (including phenoxy) is 1. The van der Waals surface area contributed by atoms with E-state index in [0.717, 1.165) is 4.31 Å². The summed E-state index contributed by atoms with van der Waals surface area (Å²) in [5.74, 6) is -2.19. The van der Waals surface area contributed by atoms with Crippen LogP contribution in [0.3, 0.4) is 0 Å². The lowest BCUT2D eigenvalue weighted by molar-refractivity contribution is -0.141. The maximum atomic E-state index is 12.6.